The maximum Gasteiger partial charge on any atom is 0.173 e. The number of aromatic nitrogens is 3. The van der Waals surface area contributed by atoms with Gasteiger partial charge in [-0.2, -0.15) is 0 Å². The van der Waals surface area contributed by atoms with Crippen molar-refractivity contribution in [1.82, 2.24) is 14.5 Å². The second-order valence-corrected chi connectivity index (χ2v) is 6.45. The Kier molecular flexibility index (Phi) is 3.28. The highest BCUT2D eigenvalue weighted by Gasteiger charge is 2.27. The molecule has 0 spiro atoms. The maximum absolute atomic E-state index is 15.7. The number of rotatable bonds is 2. The van der Waals surface area contributed by atoms with E-state index in [4.69, 9.17) is 4.74 Å². The summed E-state index contributed by atoms with van der Waals surface area (Å²) in [6, 6.07) is 11.5. The second kappa shape index (κ2) is 5.66. The highest BCUT2D eigenvalue weighted by atomic mass is 19.1. The molecule has 5 rings (SSSR count). The number of nitrogens with zero attached hydrogens (tertiary/aromatic N) is 3. The highest BCUT2D eigenvalue weighted by molar-refractivity contribution is 5.91. The van der Waals surface area contributed by atoms with Gasteiger partial charge in [0, 0.05) is 35.8 Å². The minimum atomic E-state index is -0.387. The molecule has 128 valence electrons. The predicted octanol–water partition coefficient (Wildman–Crippen LogP) is 5.08. The molecule has 1 aliphatic heterocycles. The van der Waals surface area contributed by atoms with E-state index >= 15 is 4.39 Å². The number of hydrogen-bond donors (Lipinski definition) is 0. The fourth-order valence-corrected chi connectivity index (χ4v) is 3.58. The zero-order chi connectivity index (χ0) is 17.7. The molecule has 0 saturated heterocycles. The van der Waals surface area contributed by atoms with Crippen molar-refractivity contribution >= 4 is 21.8 Å². The molecule has 0 fully saturated rings. The maximum atomic E-state index is 15.7. The number of halogens is 1. The molecule has 0 N–H and O–H groups in total. The predicted molar refractivity (Wildman–Crippen MR) is 98.5 cm³/mol. The topological polar surface area (TPSA) is 39.9 Å². The summed E-state index contributed by atoms with van der Waals surface area (Å²) >= 11 is 0. The minimum Gasteiger partial charge on any atom is -0.489 e. The van der Waals surface area contributed by atoms with Crippen LogP contribution in [0.1, 0.15) is 25.1 Å². The first kappa shape index (κ1) is 15.1. The minimum absolute atomic E-state index is 0.342. The number of benzene rings is 1. The summed E-state index contributed by atoms with van der Waals surface area (Å²) in [4.78, 5) is 8.73. The van der Waals surface area contributed by atoms with Gasteiger partial charge < -0.3 is 9.30 Å². The van der Waals surface area contributed by atoms with Gasteiger partial charge in [-0.25, -0.2) is 9.37 Å². The van der Waals surface area contributed by atoms with Gasteiger partial charge >= 0.3 is 0 Å². The first-order valence-corrected chi connectivity index (χ1v) is 8.55. The number of para-hydroxylation sites is 1. The summed E-state index contributed by atoms with van der Waals surface area (Å²) in [5, 5.41) is 1.73. The summed E-state index contributed by atoms with van der Waals surface area (Å²) in [6.45, 7) is 1.88. The monoisotopic (exact) mass is 345 g/mol. The quantitative estimate of drug-likeness (QED) is 0.509. The van der Waals surface area contributed by atoms with Crippen LogP contribution in [0.4, 0.5) is 4.39 Å². The lowest BCUT2D eigenvalue weighted by atomic mass is 10.1. The Bertz CT molecular complexity index is 1180. The van der Waals surface area contributed by atoms with Crippen molar-refractivity contribution in [2.24, 2.45) is 0 Å². The van der Waals surface area contributed by atoms with Crippen LogP contribution in [0.2, 0.25) is 0 Å². The van der Waals surface area contributed by atoms with Crippen molar-refractivity contribution in [3.8, 4) is 5.69 Å². The Morgan fingerprint density at radius 1 is 1.19 bits per heavy atom. The number of hydrogen-bond acceptors (Lipinski definition) is 3. The molecule has 3 aromatic heterocycles. The fraction of sp³-hybridized carbons (Fsp3) is 0.143. The van der Waals surface area contributed by atoms with E-state index in [2.05, 4.69) is 9.97 Å². The lowest BCUT2D eigenvalue weighted by Crippen LogP contribution is -2.09. The van der Waals surface area contributed by atoms with E-state index in [-0.39, 0.29) is 11.9 Å². The van der Waals surface area contributed by atoms with E-state index in [1.54, 1.807) is 12.4 Å². The molecule has 0 aliphatic carbocycles. The molecule has 1 aliphatic rings. The lowest BCUT2D eigenvalue weighted by molar-refractivity contribution is 0.139. The molecule has 0 amide bonds. The van der Waals surface area contributed by atoms with Crippen LogP contribution in [0.5, 0.6) is 0 Å². The van der Waals surface area contributed by atoms with Crippen LogP contribution in [-0.2, 0) is 4.74 Å². The van der Waals surface area contributed by atoms with Crippen molar-refractivity contribution in [2.75, 3.05) is 0 Å². The van der Waals surface area contributed by atoms with Crippen LogP contribution in [0.15, 0.2) is 66.8 Å². The number of pyridine rings is 2. The van der Waals surface area contributed by atoms with Gasteiger partial charge in [-0.1, -0.05) is 18.2 Å². The van der Waals surface area contributed by atoms with E-state index in [1.807, 2.05) is 60.2 Å². The lowest BCUT2D eigenvalue weighted by Gasteiger charge is -2.17. The van der Waals surface area contributed by atoms with E-state index in [9.17, 15) is 0 Å². The standard InChI is InChI=1S/C21H16FN3O/c1-13-6-7-18(26-13)20-19(22)21(15-4-2-3-5-16(15)24-20)25-11-9-14-12-23-10-8-17(14)25/h2-6,8-12,18H,7H2,1H3. The van der Waals surface area contributed by atoms with Crippen molar-refractivity contribution in [2.45, 2.75) is 19.4 Å². The molecule has 0 bridgehead atoms. The molecule has 1 aromatic carbocycles. The van der Waals surface area contributed by atoms with Gasteiger partial charge in [0.2, 0.25) is 0 Å². The largest absolute Gasteiger partial charge is 0.489 e. The summed E-state index contributed by atoms with van der Waals surface area (Å²) in [7, 11) is 0. The SMILES string of the molecule is CC1=CCC(c2nc3ccccc3c(-n3ccc4cnccc43)c2F)O1. The molecule has 1 unspecified atom stereocenters. The smallest absolute Gasteiger partial charge is 0.173 e. The van der Waals surface area contributed by atoms with Crippen LogP contribution in [0, 0.1) is 5.82 Å². The van der Waals surface area contributed by atoms with Crippen LogP contribution in [0.25, 0.3) is 27.5 Å². The number of allylic oxidation sites excluding steroid dienone is 1. The molecular formula is C21H16FN3O. The number of fused-ring (bicyclic) bond motifs is 2. The van der Waals surface area contributed by atoms with Crippen LogP contribution in [0.3, 0.4) is 0 Å². The summed E-state index contributed by atoms with van der Waals surface area (Å²) < 4.78 is 23.3. The Hall–Kier alpha value is -3.21. The van der Waals surface area contributed by atoms with Crippen molar-refractivity contribution in [3.05, 3.63) is 78.3 Å². The van der Waals surface area contributed by atoms with Gasteiger partial charge in [-0.15, -0.1) is 0 Å². The summed E-state index contributed by atoms with van der Waals surface area (Å²) in [6.07, 6.45) is 7.58. The van der Waals surface area contributed by atoms with Gasteiger partial charge in [-0.3, -0.25) is 4.98 Å². The van der Waals surface area contributed by atoms with E-state index < -0.39 is 0 Å². The Balaban J connectivity index is 1.82. The van der Waals surface area contributed by atoms with Crippen LogP contribution < -0.4 is 0 Å². The molecule has 1 atom stereocenters. The summed E-state index contributed by atoms with van der Waals surface area (Å²) in [5.74, 6) is 0.467. The molecule has 5 heteroatoms. The van der Waals surface area contributed by atoms with Crippen molar-refractivity contribution < 1.29 is 9.13 Å². The average molecular weight is 345 g/mol. The van der Waals surface area contributed by atoms with E-state index in [0.717, 1.165) is 27.6 Å². The molecule has 4 aromatic rings. The summed E-state index contributed by atoms with van der Waals surface area (Å²) in [5.41, 5.74) is 2.51. The van der Waals surface area contributed by atoms with Gasteiger partial charge in [-0.05, 0) is 31.2 Å². The third-order valence-corrected chi connectivity index (χ3v) is 4.82. The van der Waals surface area contributed by atoms with Gasteiger partial charge in [0.05, 0.1) is 22.5 Å². The van der Waals surface area contributed by atoms with Gasteiger partial charge in [0.15, 0.2) is 5.82 Å². The first-order chi connectivity index (χ1) is 12.7. The van der Waals surface area contributed by atoms with Crippen LogP contribution >= 0.6 is 0 Å². The molecule has 26 heavy (non-hydrogen) atoms. The molecular weight excluding hydrogens is 329 g/mol. The number of ether oxygens (including phenoxy) is 1. The Morgan fingerprint density at radius 3 is 2.92 bits per heavy atom. The Labute approximate surface area is 149 Å². The Morgan fingerprint density at radius 2 is 2.08 bits per heavy atom. The molecule has 4 heterocycles. The zero-order valence-electron chi connectivity index (χ0n) is 14.2. The van der Waals surface area contributed by atoms with E-state index in [0.29, 0.717) is 17.8 Å². The first-order valence-electron chi connectivity index (χ1n) is 8.55. The van der Waals surface area contributed by atoms with Crippen molar-refractivity contribution in [1.29, 1.82) is 0 Å². The highest BCUT2D eigenvalue weighted by Crippen LogP contribution is 2.36. The van der Waals surface area contributed by atoms with Crippen molar-refractivity contribution in [3.63, 3.8) is 0 Å². The van der Waals surface area contributed by atoms with Crippen LogP contribution in [-0.4, -0.2) is 14.5 Å². The fourth-order valence-electron chi connectivity index (χ4n) is 3.58. The second-order valence-electron chi connectivity index (χ2n) is 6.45. The molecule has 4 nitrogen and oxygen atoms in total. The normalized spacial score (nSPS) is 16.8. The zero-order valence-corrected chi connectivity index (χ0v) is 14.2. The van der Waals surface area contributed by atoms with E-state index in [1.165, 1.54) is 0 Å². The average Bonchev–Trinajstić information content (AvgIpc) is 3.28. The van der Waals surface area contributed by atoms with Gasteiger partial charge in [0.1, 0.15) is 11.8 Å². The molecule has 0 saturated carbocycles. The van der Waals surface area contributed by atoms with Gasteiger partial charge in [0.25, 0.3) is 0 Å². The molecule has 0 radical (unpaired) electrons. The third kappa shape index (κ3) is 2.20. The third-order valence-electron chi connectivity index (χ3n) is 4.82.